The van der Waals surface area contributed by atoms with Crippen molar-refractivity contribution in [3.8, 4) is 5.75 Å². The lowest BCUT2D eigenvalue weighted by atomic mass is 9.94. The third kappa shape index (κ3) is 5.52. The van der Waals surface area contributed by atoms with Crippen molar-refractivity contribution in [3.05, 3.63) is 29.8 Å². The number of hydrogen-bond acceptors (Lipinski definition) is 4. The summed E-state index contributed by atoms with van der Waals surface area (Å²) in [5, 5.41) is 12.2. The van der Waals surface area contributed by atoms with E-state index >= 15 is 0 Å². The number of nitrogens with zero attached hydrogens (tertiary/aromatic N) is 1. The Hall–Kier alpha value is -1.59. The summed E-state index contributed by atoms with van der Waals surface area (Å²) in [7, 11) is 1.63. The molecule has 0 unspecified atom stereocenters. The van der Waals surface area contributed by atoms with E-state index in [0.29, 0.717) is 25.7 Å². The minimum Gasteiger partial charge on any atom is -0.496 e. The van der Waals surface area contributed by atoms with Crippen molar-refractivity contribution in [2.45, 2.75) is 44.7 Å². The fourth-order valence-electron chi connectivity index (χ4n) is 3.25. The Balaban J connectivity index is 1.86. The molecule has 0 radical (unpaired) electrons. The smallest absolute Gasteiger partial charge is 0.234 e. The lowest BCUT2D eigenvalue weighted by Crippen LogP contribution is -2.45. The Morgan fingerprint density at radius 1 is 1.30 bits per heavy atom. The van der Waals surface area contributed by atoms with Gasteiger partial charge in [0.25, 0.3) is 0 Å². The first-order chi connectivity index (χ1) is 11.2. The molecule has 0 spiro atoms. The van der Waals surface area contributed by atoms with Crippen LogP contribution in [0.2, 0.25) is 0 Å². The molecule has 1 fully saturated rings. The molecule has 1 aromatic carbocycles. The largest absolute Gasteiger partial charge is 0.496 e. The topological polar surface area (TPSA) is 61.8 Å². The predicted octanol–water partition coefficient (Wildman–Crippen LogP) is 1.94. The van der Waals surface area contributed by atoms with Gasteiger partial charge >= 0.3 is 0 Å². The summed E-state index contributed by atoms with van der Waals surface area (Å²) < 4.78 is 5.30. The molecule has 5 heteroatoms. The first-order valence-electron chi connectivity index (χ1n) is 8.48. The molecule has 0 aliphatic heterocycles. The monoisotopic (exact) mass is 320 g/mol. The molecule has 5 nitrogen and oxygen atoms in total. The highest BCUT2D eigenvalue weighted by Crippen LogP contribution is 2.22. The quantitative estimate of drug-likeness (QED) is 0.768. The average Bonchev–Trinajstić information content (AvgIpc) is 2.60. The molecule has 2 N–H and O–H groups in total. The Morgan fingerprint density at radius 3 is 2.74 bits per heavy atom. The molecule has 1 aromatic rings. The van der Waals surface area contributed by atoms with Gasteiger partial charge in [-0.2, -0.15) is 0 Å². The molecule has 0 heterocycles. The van der Waals surface area contributed by atoms with Gasteiger partial charge in [0.1, 0.15) is 5.75 Å². The molecule has 1 aliphatic carbocycles. The number of nitrogens with one attached hydrogen (secondary N) is 1. The third-order valence-corrected chi connectivity index (χ3v) is 4.49. The van der Waals surface area contributed by atoms with E-state index < -0.39 is 0 Å². The number of aliphatic hydroxyl groups is 1. The van der Waals surface area contributed by atoms with Crippen LogP contribution in [0.5, 0.6) is 5.75 Å². The highest BCUT2D eigenvalue weighted by Gasteiger charge is 2.22. The Kier molecular flexibility index (Phi) is 7.36. The number of rotatable bonds is 8. The summed E-state index contributed by atoms with van der Waals surface area (Å²) in [4.78, 5) is 14.4. The van der Waals surface area contributed by atoms with Crippen LogP contribution >= 0.6 is 0 Å². The van der Waals surface area contributed by atoms with E-state index in [0.717, 1.165) is 24.2 Å². The summed E-state index contributed by atoms with van der Waals surface area (Å²) in [6.07, 6.45) is 5.97. The molecule has 0 bridgehead atoms. The lowest BCUT2D eigenvalue weighted by molar-refractivity contribution is -0.123. The van der Waals surface area contributed by atoms with Crippen molar-refractivity contribution >= 4 is 5.91 Å². The molecule has 0 saturated heterocycles. The van der Waals surface area contributed by atoms with Crippen molar-refractivity contribution in [1.29, 1.82) is 0 Å². The number of methoxy groups -OCH3 is 1. The first-order valence-corrected chi connectivity index (χ1v) is 8.48. The second-order valence-corrected chi connectivity index (χ2v) is 6.07. The summed E-state index contributed by atoms with van der Waals surface area (Å²) in [5.41, 5.74) is 0.967. The average molecular weight is 320 g/mol. The zero-order chi connectivity index (χ0) is 16.5. The maximum Gasteiger partial charge on any atom is 0.234 e. The van der Waals surface area contributed by atoms with E-state index in [-0.39, 0.29) is 12.5 Å². The molecule has 2 rings (SSSR count). The number of carbonyl (C=O) groups excluding carboxylic acids is 1. The summed E-state index contributed by atoms with van der Waals surface area (Å²) in [6.45, 7) is 1.46. The SMILES string of the molecule is COc1ccccc1CNC(=O)CN(CCO)C1CCCCC1. The molecular formula is C18H28N2O3. The van der Waals surface area contributed by atoms with Crippen LogP contribution in [0.4, 0.5) is 0 Å². The number of aliphatic hydroxyl groups excluding tert-OH is 1. The molecule has 128 valence electrons. The van der Waals surface area contributed by atoms with E-state index in [4.69, 9.17) is 4.74 Å². The van der Waals surface area contributed by atoms with E-state index in [1.807, 2.05) is 24.3 Å². The van der Waals surface area contributed by atoms with Gasteiger partial charge in [-0.25, -0.2) is 0 Å². The van der Waals surface area contributed by atoms with Crippen LogP contribution in [0.25, 0.3) is 0 Å². The zero-order valence-corrected chi connectivity index (χ0v) is 14.0. The summed E-state index contributed by atoms with van der Waals surface area (Å²) >= 11 is 0. The maximum absolute atomic E-state index is 12.3. The van der Waals surface area contributed by atoms with Gasteiger partial charge in [0.15, 0.2) is 0 Å². The fraction of sp³-hybridized carbons (Fsp3) is 0.611. The van der Waals surface area contributed by atoms with Gasteiger partial charge in [-0.3, -0.25) is 9.69 Å². The fourth-order valence-corrected chi connectivity index (χ4v) is 3.25. The van der Waals surface area contributed by atoms with Crippen molar-refractivity contribution in [1.82, 2.24) is 10.2 Å². The third-order valence-electron chi connectivity index (χ3n) is 4.49. The van der Waals surface area contributed by atoms with E-state index in [1.165, 1.54) is 19.3 Å². The Bertz CT molecular complexity index is 487. The molecule has 0 atom stereocenters. The number of benzene rings is 1. The van der Waals surface area contributed by atoms with Crippen molar-refractivity contribution in [2.75, 3.05) is 26.8 Å². The number of para-hydroxylation sites is 1. The summed E-state index contributed by atoms with van der Waals surface area (Å²) in [6, 6.07) is 8.11. The zero-order valence-electron chi connectivity index (χ0n) is 14.0. The van der Waals surface area contributed by atoms with Gasteiger partial charge in [0.05, 0.1) is 20.3 Å². The van der Waals surface area contributed by atoms with Crippen LogP contribution in [-0.4, -0.2) is 48.8 Å². The molecule has 1 aliphatic rings. The van der Waals surface area contributed by atoms with Gasteiger partial charge in [0, 0.05) is 24.7 Å². The van der Waals surface area contributed by atoms with Gasteiger partial charge in [-0.05, 0) is 18.9 Å². The van der Waals surface area contributed by atoms with Crippen LogP contribution < -0.4 is 10.1 Å². The van der Waals surface area contributed by atoms with Crippen molar-refractivity contribution in [2.24, 2.45) is 0 Å². The Labute approximate surface area is 138 Å². The van der Waals surface area contributed by atoms with Crippen LogP contribution in [-0.2, 0) is 11.3 Å². The highest BCUT2D eigenvalue weighted by atomic mass is 16.5. The Morgan fingerprint density at radius 2 is 2.04 bits per heavy atom. The van der Waals surface area contributed by atoms with Crippen LogP contribution in [0.1, 0.15) is 37.7 Å². The number of hydrogen-bond donors (Lipinski definition) is 2. The second-order valence-electron chi connectivity index (χ2n) is 6.07. The van der Waals surface area contributed by atoms with Crippen molar-refractivity contribution < 1.29 is 14.6 Å². The predicted molar refractivity (Wildman–Crippen MR) is 90.4 cm³/mol. The van der Waals surface area contributed by atoms with E-state index in [1.54, 1.807) is 7.11 Å². The molecular weight excluding hydrogens is 292 g/mol. The number of amides is 1. The second kappa shape index (κ2) is 9.53. The lowest BCUT2D eigenvalue weighted by Gasteiger charge is -2.33. The molecule has 23 heavy (non-hydrogen) atoms. The number of ether oxygens (including phenoxy) is 1. The van der Waals surface area contributed by atoms with Gasteiger partial charge in [-0.15, -0.1) is 0 Å². The van der Waals surface area contributed by atoms with Crippen LogP contribution in [0.15, 0.2) is 24.3 Å². The molecule has 1 saturated carbocycles. The van der Waals surface area contributed by atoms with Gasteiger partial charge < -0.3 is 15.2 Å². The summed E-state index contributed by atoms with van der Waals surface area (Å²) in [5.74, 6) is 0.780. The van der Waals surface area contributed by atoms with Crippen molar-refractivity contribution in [3.63, 3.8) is 0 Å². The maximum atomic E-state index is 12.3. The van der Waals surface area contributed by atoms with E-state index in [2.05, 4.69) is 10.2 Å². The highest BCUT2D eigenvalue weighted by molar-refractivity contribution is 5.78. The number of carbonyl (C=O) groups is 1. The van der Waals surface area contributed by atoms with Crippen LogP contribution in [0.3, 0.4) is 0 Å². The minimum atomic E-state index is -0.00469. The van der Waals surface area contributed by atoms with Gasteiger partial charge in [-0.1, -0.05) is 37.5 Å². The normalized spacial score (nSPS) is 15.6. The molecule has 1 amide bonds. The van der Waals surface area contributed by atoms with Gasteiger partial charge in [0.2, 0.25) is 5.91 Å². The first kappa shape index (κ1) is 17.8. The minimum absolute atomic E-state index is 0.00469. The van der Waals surface area contributed by atoms with Crippen LogP contribution in [0, 0.1) is 0 Å². The standard InChI is InChI=1S/C18H28N2O3/c1-23-17-10-6-5-7-15(17)13-19-18(22)14-20(11-12-21)16-8-3-2-4-9-16/h5-7,10,16,21H,2-4,8-9,11-14H2,1H3,(H,19,22). The van der Waals surface area contributed by atoms with E-state index in [9.17, 15) is 9.90 Å². The molecule has 0 aromatic heterocycles.